The van der Waals surface area contributed by atoms with Crippen LogP contribution in [0.15, 0.2) is 33.4 Å². The highest BCUT2D eigenvalue weighted by Gasteiger charge is 2.22. The molecule has 1 aromatic heterocycles. The Hall–Kier alpha value is -1.26. The molecule has 0 bridgehead atoms. The Balaban J connectivity index is 1.92. The monoisotopic (exact) mass is 335 g/mol. The molecule has 1 N–H and O–H groups in total. The number of rotatable bonds is 4. The SMILES string of the molecule is CNC(Cc1cc(Br)cc2c1OCC2)c1occc1C. The highest BCUT2D eigenvalue weighted by atomic mass is 79.9. The van der Waals surface area contributed by atoms with Gasteiger partial charge in [0.25, 0.3) is 0 Å². The maximum Gasteiger partial charge on any atom is 0.125 e. The Morgan fingerprint density at radius 3 is 2.95 bits per heavy atom. The van der Waals surface area contributed by atoms with E-state index < -0.39 is 0 Å². The summed E-state index contributed by atoms with van der Waals surface area (Å²) in [6, 6.07) is 6.46. The van der Waals surface area contributed by atoms with Crippen molar-refractivity contribution in [2.45, 2.75) is 25.8 Å². The van der Waals surface area contributed by atoms with Crippen LogP contribution in [0.3, 0.4) is 0 Å². The van der Waals surface area contributed by atoms with Gasteiger partial charge in [0.2, 0.25) is 0 Å². The maximum atomic E-state index is 5.80. The van der Waals surface area contributed by atoms with Gasteiger partial charge in [-0.1, -0.05) is 15.9 Å². The molecular formula is C16H18BrNO2. The van der Waals surface area contributed by atoms with Gasteiger partial charge in [0.1, 0.15) is 11.5 Å². The number of ether oxygens (including phenoxy) is 1. The van der Waals surface area contributed by atoms with Crippen molar-refractivity contribution in [1.29, 1.82) is 0 Å². The number of fused-ring (bicyclic) bond motifs is 1. The molecule has 0 aliphatic carbocycles. The molecule has 4 heteroatoms. The first kappa shape index (κ1) is 13.7. The minimum absolute atomic E-state index is 0.160. The van der Waals surface area contributed by atoms with Gasteiger partial charge in [-0.3, -0.25) is 0 Å². The molecule has 3 rings (SSSR count). The maximum absolute atomic E-state index is 5.80. The minimum atomic E-state index is 0.160. The molecule has 2 heterocycles. The van der Waals surface area contributed by atoms with Gasteiger partial charge >= 0.3 is 0 Å². The fourth-order valence-corrected chi connectivity index (χ4v) is 3.34. The number of nitrogens with one attached hydrogen (secondary N) is 1. The van der Waals surface area contributed by atoms with Crippen LogP contribution >= 0.6 is 15.9 Å². The largest absolute Gasteiger partial charge is 0.493 e. The molecule has 1 atom stereocenters. The second-order valence-corrected chi connectivity index (χ2v) is 6.08. The van der Waals surface area contributed by atoms with E-state index in [4.69, 9.17) is 9.15 Å². The minimum Gasteiger partial charge on any atom is -0.493 e. The lowest BCUT2D eigenvalue weighted by atomic mass is 9.99. The molecule has 106 valence electrons. The summed E-state index contributed by atoms with van der Waals surface area (Å²) in [4.78, 5) is 0. The van der Waals surface area contributed by atoms with Crippen molar-refractivity contribution < 1.29 is 9.15 Å². The first-order valence-electron chi connectivity index (χ1n) is 6.84. The van der Waals surface area contributed by atoms with E-state index in [-0.39, 0.29) is 6.04 Å². The van der Waals surface area contributed by atoms with E-state index in [1.165, 1.54) is 16.7 Å². The number of aryl methyl sites for hydroxylation is 1. The fourth-order valence-electron chi connectivity index (χ4n) is 2.78. The van der Waals surface area contributed by atoms with Crippen molar-refractivity contribution in [3.63, 3.8) is 0 Å². The van der Waals surface area contributed by atoms with E-state index >= 15 is 0 Å². The standard InChI is InChI=1S/C16H18BrNO2/c1-10-3-5-19-15(10)14(18-2)9-12-8-13(17)7-11-4-6-20-16(11)12/h3,5,7-8,14,18H,4,6,9H2,1-2H3. The van der Waals surface area contributed by atoms with Gasteiger partial charge in [0.15, 0.2) is 0 Å². The van der Waals surface area contributed by atoms with Crippen LogP contribution in [0.2, 0.25) is 0 Å². The topological polar surface area (TPSA) is 34.4 Å². The summed E-state index contributed by atoms with van der Waals surface area (Å²) in [6.45, 7) is 2.85. The Morgan fingerprint density at radius 2 is 2.25 bits per heavy atom. The first-order valence-corrected chi connectivity index (χ1v) is 7.63. The molecule has 1 aliphatic rings. The molecule has 20 heavy (non-hydrogen) atoms. The Labute approximate surface area is 127 Å². The molecule has 1 unspecified atom stereocenters. The average Bonchev–Trinajstić information content (AvgIpc) is 3.04. The zero-order valence-electron chi connectivity index (χ0n) is 11.7. The summed E-state index contributed by atoms with van der Waals surface area (Å²) in [5.41, 5.74) is 3.69. The van der Waals surface area contributed by atoms with Crippen LogP contribution in [-0.2, 0) is 12.8 Å². The molecule has 2 aromatic rings. The molecule has 0 spiro atoms. The Bertz CT molecular complexity index is 621. The summed E-state index contributed by atoms with van der Waals surface area (Å²) in [5, 5.41) is 3.34. The number of furan rings is 1. The van der Waals surface area contributed by atoms with Crippen LogP contribution in [0, 0.1) is 6.92 Å². The molecule has 0 saturated heterocycles. The van der Waals surface area contributed by atoms with E-state index in [1.807, 2.05) is 13.1 Å². The van der Waals surface area contributed by atoms with Gasteiger partial charge in [-0.2, -0.15) is 0 Å². The molecule has 1 aliphatic heterocycles. The number of benzene rings is 1. The second-order valence-electron chi connectivity index (χ2n) is 5.16. The van der Waals surface area contributed by atoms with Crippen molar-refractivity contribution in [3.8, 4) is 5.75 Å². The van der Waals surface area contributed by atoms with E-state index in [0.29, 0.717) is 0 Å². The van der Waals surface area contributed by atoms with Crippen molar-refractivity contribution in [3.05, 3.63) is 51.4 Å². The van der Waals surface area contributed by atoms with Crippen molar-refractivity contribution in [2.75, 3.05) is 13.7 Å². The van der Waals surface area contributed by atoms with Crippen molar-refractivity contribution in [2.24, 2.45) is 0 Å². The summed E-state index contributed by atoms with van der Waals surface area (Å²) in [6.07, 6.45) is 3.59. The lowest BCUT2D eigenvalue weighted by Crippen LogP contribution is -2.19. The predicted molar refractivity (Wildman–Crippen MR) is 82.3 cm³/mol. The number of likely N-dealkylation sites (N-methyl/N-ethyl adjacent to an activating group) is 1. The highest BCUT2D eigenvalue weighted by molar-refractivity contribution is 9.10. The van der Waals surface area contributed by atoms with Crippen LogP contribution < -0.4 is 10.1 Å². The van der Waals surface area contributed by atoms with Gasteiger partial charge < -0.3 is 14.5 Å². The van der Waals surface area contributed by atoms with E-state index in [0.717, 1.165) is 35.4 Å². The zero-order valence-corrected chi connectivity index (χ0v) is 13.3. The van der Waals surface area contributed by atoms with Crippen LogP contribution in [0.5, 0.6) is 5.75 Å². The third-order valence-electron chi connectivity index (χ3n) is 3.82. The molecule has 1 aromatic carbocycles. The number of hydrogen-bond acceptors (Lipinski definition) is 3. The van der Waals surface area contributed by atoms with Gasteiger partial charge in [0.05, 0.1) is 18.9 Å². The van der Waals surface area contributed by atoms with E-state index in [1.54, 1.807) is 6.26 Å². The molecule has 0 saturated carbocycles. The Kier molecular flexibility index (Phi) is 3.85. The van der Waals surface area contributed by atoms with Gasteiger partial charge in [-0.25, -0.2) is 0 Å². The third-order valence-corrected chi connectivity index (χ3v) is 4.27. The molecule has 0 amide bonds. The number of hydrogen-bond donors (Lipinski definition) is 1. The zero-order chi connectivity index (χ0) is 14.1. The van der Waals surface area contributed by atoms with Gasteiger partial charge in [-0.15, -0.1) is 0 Å². The van der Waals surface area contributed by atoms with Gasteiger partial charge in [-0.05, 0) is 55.3 Å². The smallest absolute Gasteiger partial charge is 0.125 e. The second kappa shape index (κ2) is 5.62. The molecule has 0 radical (unpaired) electrons. The molecular weight excluding hydrogens is 318 g/mol. The number of halogens is 1. The van der Waals surface area contributed by atoms with Crippen LogP contribution in [0.4, 0.5) is 0 Å². The fraction of sp³-hybridized carbons (Fsp3) is 0.375. The molecule has 0 fully saturated rings. The molecule has 3 nitrogen and oxygen atoms in total. The Morgan fingerprint density at radius 1 is 1.40 bits per heavy atom. The highest BCUT2D eigenvalue weighted by Crippen LogP contribution is 2.35. The van der Waals surface area contributed by atoms with Gasteiger partial charge in [0, 0.05) is 10.9 Å². The lowest BCUT2D eigenvalue weighted by molar-refractivity contribution is 0.350. The summed E-state index contributed by atoms with van der Waals surface area (Å²) >= 11 is 3.59. The quantitative estimate of drug-likeness (QED) is 0.923. The van der Waals surface area contributed by atoms with E-state index in [9.17, 15) is 0 Å². The average molecular weight is 336 g/mol. The van der Waals surface area contributed by atoms with Crippen LogP contribution in [0.25, 0.3) is 0 Å². The van der Waals surface area contributed by atoms with E-state index in [2.05, 4.69) is 40.3 Å². The normalized spacial score (nSPS) is 14.9. The van der Waals surface area contributed by atoms with Crippen LogP contribution in [-0.4, -0.2) is 13.7 Å². The van der Waals surface area contributed by atoms with Crippen LogP contribution in [0.1, 0.15) is 28.5 Å². The predicted octanol–water partition coefficient (Wildman–Crippen LogP) is 3.79. The third kappa shape index (κ3) is 2.50. The van der Waals surface area contributed by atoms with Crippen molar-refractivity contribution in [1.82, 2.24) is 5.32 Å². The first-order chi connectivity index (χ1) is 9.69. The summed E-state index contributed by atoms with van der Waals surface area (Å²) in [5.74, 6) is 2.05. The summed E-state index contributed by atoms with van der Waals surface area (Å²) in [7, 11) is 1.96. The van der Waals surface area contributed by atoms with Crippen molar-refractivity contribution >= 4 is 15.9 Å². The lowest BCUT2D eigenvalue weighted by Gasteiger charge is -2.17. The summed E-state index contributed by atoms with van der Waals surface area (Å²) < 4.78 is 12.5.